The van der Waals surface area contributed by atoms with E-state index in [2.05, 4.69) is 144 Å². The van der Waals surface area contributed by atoms with E-state index in [0.29, 0.717) is 0 Å². The van der Waals surface area contributed by atoms with Gasteiger partial charge in [-0.05, 0) is 0 Å². The van der Waals surface area contributed by atoms with Crippen molar-refractivity contribution >= 4 is 44.2 Å². The number of unbranched alkanes of at least 4 members (excludes halogenated alkanes) is 29. The molecule has 3 nitrogen and oxygen atoms in total. The van der Waals surface area contributed by atoms with E-state index in [-0.39, 0.29) is 5.92 Å². The summed E-state index contributed by atoms with van der Waals surface area (Å²) in [6.45, 7) is 21.7. The molecule has 2 atom stereocenters. The summed E-state index contributed by atoms with van der Waals surface area (Å²) >= 11 is 14.9. The minimum absolute atomic E-state index is 0.139. The fraction of sp³-hybridized carbons (Fsp3) is 0.772. The molecule has 3 aromatic carbocycles. The predicted molar refractivity (Wildman–Crippen MR) is 400 cm³/mol. The van der Waals surface area contributed by atoms with Crippen LogP contribution in [0.1, 0.15) is 352 Å². The van der Waals surface area contributed by atoms with Crippen LogP contribution in [0.5, 0.6) is 0 Å². The molecule has 0 bridgehead atoms. The zero-order valence-electron chi connectivity index (χ0n) is 59.5. The summed E-state index contributed by atoms with van der Waals surface area (Å²) in [6.07, 6.45) is 58.8. The molecule has 0 amide bonds. The van der Waals surface area contributed by atoms with Gasteiger partial charge in [-0.15, -0.1) is 0 Å². The average Bonchev–Trinajstić information content (AvgIpc) is 0.868. The van der Waals surface area contributed by atoms with Crippen LogP contribution in [-0.4, -0.2) is 56.6 Å². The second-order valence-electron chi connectivity index (χ2n) is 28.3. The normalized spacial score (nSPS) is 14.2. The molecular weight excluding hydrogens is 1140 g/mol. The van der Waals surface area contributed by atoms with E-state index in [9.17, 15) is 0 Å². The van der Waals surface area contributed by atoms with Gasteiger partial charge in [0.15, 0.2) is 0 Å². The molecule has 0 spiro atoms. The maximum absolute atomic E-state index is 9.04. The van der Waals surface area contributed by atoms with Gasteiger partial charge in [-0.1, -0.05) is 26.7 Å². The molecule has 0 aromatic heterocycles. The molecule has 2 unspecified atom stereocenters. The van der Waals surface area contributed by atoms with E-state index in [1.807, 2.05) is 0 Å². The quantitative estimate of drug-likeness (QED) is 0.0320. The Bertz CT molecular complexity index is 2080. The van der Waals surface area contributed by atoms with Gasteiger partial charge >= 0.3 is 529 Å². The molecule has 3 aromatic rings. The summed E-state index contributed by atoms with van der Waals surface area (Å²) in [6, 6.07) is 23.1. The van der Waals surface area contributed by atoms with Crippen LogP contribution in [0.15, 0.2) is 60.7 Å². The standard InChI is InChI=1S/C79H141BCl2O3P2/c1-13-22-31-33-35-37-39-41-43-45-47-49-66-86(60-25-16-4,61-26-17-5,62-27-18-6)84-80(85-87(63-28-19-7,64-29-20-8,65-30-21-9)67-50-48-46-44-42-40-38-36-34-32-23-14-2)83-79(74-57-52-70(10)53-58-74,75-59-55-72(12)78(82)69-75)76(51-24-15-3)73-56-54-71(11)77(81)68-73/h52-59,68-69,76H,13-51,60-67H2,1-12H3. The van der Waals surface area contributed by atoms with Gasteiger partial charge in [-0.3, -0.25) is 0 Å². The Morgan fingerprint density at radius 1 is 0.345 bits per heavy atom. The molecular formula is C79H141BCl2O3P2. The SMILES string of the molecule is CCCCCCCCCCCCCCP(CCCC)(CCCC)(CCCC)OB(OC(c1ccc(C)cc1)(c1ccc(C)c(Cl)c1)C(CCCC)c1ccc(C)c(Cl)c1)OP(CCCC)(CCCC)(CCCC)CCCCCCCCCCCCCC. The maximum atomic E-state index is 9.04. The number of aryl methyl sites for hydroxylation is 3. The van der Waals surface area contributed by atoms with Crippen molar-refractivity contribution in [3.8, 4) is 0 Å². The molecule has 0 N–H and O–H groups in total. The van der Waals surface area contributed by atoms with Crippen molar-refractivity contribution in [1.82, 2.24) is 0 Å². The Morgan fingerprint density at radius 3 is 0.977 bits per heavy atom. The van der Waals surface area contributed by atoms with Crippen molar-refractivity contribution in [3.63, 3.8) is 0 Å². The molecule has 502 valence electrons. The monoisotopic (exact) mass is 1280 g/mol. The Hall–Kier alpha value is -0.955. The minimum Gasteiger partial charge on any atom is -0.0654 e. The first-order chi connectivity index (χ1) is 42.2. The Labute approximate surface area is 552 Å². The number of hydrogen-bond acceptors (Lipinski definition) is 3. The van der Waals surface area contributed by atoms with E-state index in [1.54, 1.807) is 0 Å². The van der Waals surface area contributed by atoms with Crippen molar-refractivity contribution in [2.45, 2.75) is 345 Å². The minimum atomic E-state index is -3.17. The molecule has 0 heterocycles. The third-order valence-electron chi connectivity index (χ3n) is 20.7. The summed E-state index contributed by atoms with van der Waals surface area (Å²) in [5.41, 5.74) is 5.75. The Balaban J connectivity index is 2.55. The van der Waals surface area contributed by atoms with Crippen LogP contribution in [0.3, 0.4) is 0 Å². The van der Waals surface area contributed by atoms with E-state index < -0.39 is 26.6 Å². The first kappa shape index (κ1) is 80.3. The number of halogens is 2. The van der Waals surface area contributed by atoms with Gasteiger partial charge in [0.25, 0.3) is 0 Å². The zero-order chi connectivity index (χ0) is 63.6. The first-order valence-corrected chi connectivity index (χ1v) is 44.4. The van der Waals surface area contributed by atoms with Crippen LogP contribution in [0, 0.1) is 20.8 Å². The second-order valence-corrected chi connectivity index (χ2v) is 40.5. The van der Waals surface area contributed by atoms with Crippen molar-refractivity contribution in [3.05, 3.63) is 104 Å². The molecule has 8 heteroatoms. The third kappa shape index (κ3) is 27.5. The third-order valence-corrected chi connectivity index (χ3v) is 34.6. The number of hydrogen-bond donors (Lipinski definition) is 0. The second kappa shape index (κ2) is 45.4. The molecule has 0 saturated carbocycles. The van der Waals surface area contributed by atoms with Crippen LogP contribution in [0.4, 0.5) is 0 Å². The van der Waals surface area contributed by atoms with Gasteiger partial charge in [0.05, 0.1) is 0 Å². The summed E-state index contributed by atoms with van der Waals surface area (Å²) in [7, 11) is -0.877. The van der Waals surface area contributed by atoms with Gasteiger partial charge in [0.1, 0.15) is 0 Å². The van der Waals surface area contributed by atoms with E-state index in [1.165, 1.54) is 216 Å². The fourth-order valence-electron chi connectivity index (χ4n) is 14.8. The van der Waals surface area contributed by atoms with Crippen molar-refractivity contribution in [1.29, 1.82) is 0 Å². The van der Waals surface area contributed by atoms with Crippen molar-refractivity contribution < 1.29 is 13.5 Å². The Kier molecular flexibility index (Phi) is 41.9. The van der Waals surface area contributed by atoms with Gasteiger partial charge in [0, 0.05) is 0 Å². The number of benzene rings is 3. The predicted octanol–water partition coefficient (Wildman–Crippen LogP) is 28.3. The average molecular weight is 1280 g/mol. The smallest absolute Gasteiger partial charge is 0.0654 e. The molecule has 0 fully saturated rings. The van der Waals surface area contributed by atoms with Crippen LogP contribution < -0.4 is 0 Å². The van der Waals surface area contributed by atoms with Crippen molar-refractivity contribution in [2.75, 3.05) is 49.3 Å². The molecule has 3 rings (SSSR count). The summed E-state index contributed by atoms with van der Waals surface area (Å²) in [5.74, 6) is -0.139. The zero-order valence-corrected chi connectivity index (χ0v) is 62.8. The Morgan fingerprint density at radius 2 is 0.644 bits per heavy atom. The van der Waals surface area contributed by atoms with Gasteiger partial charge < -0.3 is 0 Å². The van der Waals surface area contributed by atoms with Gasteiger partial charge in [-0.2, -0.15) is 0 Å². The summed E-state index contributed by atoms with van der Waals surface area (Å²) in [4.78, 5) is 0. The molecule has 0 aliphatic heterocycles. The molecule has 87 heavy (non-hydrogen) atoms. The van der Waals surface area contributed by atoms with Gasteiger partial charge in [0.2, 0.25) is 0 Å². The molecule has 0 aliphatic rings. The van der Waals surface area contributed by atoms with E-state index in [0.717, 1.165) is 127 Å². The van der Waals surface area contributed by atoms with Crippen LogP contribution in [0.25, 0.3) is 0 Å². The summed E-state index contributed by atoms with van der Waals surface area (Å²) in [5, 5.41) is 1.57. The fourth-order valence-corrected chi connectivity index (χ4v) is 28.6. The van der Waals surface area contributed by atoms with Crippen LogP contribution >= 0.6 is 36.9 Å². The van der Waals surface area contributed by atoms with Gasteiger partial charge in [-0.25, -0.2) is 0 Å². The molecule has 0 saturated heterocycles. The van der Waals surface area contributed by atoms with Crippen LogP contribution in [-0.2, 0) is 19.1 Å². The molecule has 0 radical (unpaired) electrons. The van der Waals surface area contributed by atoms with Crippen LogP contribution in [0.2, 0.25) is 10.0 Å². The summed E-state index contributed by atoms with van der Waals surface area (Å²) < 4.78 is 27.0. The first-order valence-electron chi connectivity index (χ1n) is 37.8. The molecule has 0 aliphatic carbocycles. The topological polar surface area (TPSA) is 27.7 Å². The van der Waals surface area contributed by atoms with E-state index in [4.69, 9.17) is 36.7 Å². The number of rotatable bonds is 57. The van der Waals surface area contributed by atoms with Crippen molar-refractivity contribution in [2.24, 2.45) is 0 Å². The van der Waals surface area contributed by atoms with E-state index >= 15 is 0 Å².